The molecule has 0 radical (unpaired) electrons. The monoisotopic (exact) mass is 345 g/mol. The summed E-state index contributed by atoms with van der Waals surface area (Å²) >= 11 is 0. The van der Waals surface area contributed by atoms with Gasteiger partial charge in [-0.2, -0.15) is 0 Å². The summed E-state index contributed by atoms with van der Waals surface area (Å²) in [5, 5.41) is 5.98. The molecule has 1 saturated heterocycles. The molecule has 138 valence electrons. The fourth-order valence-electron chi connectivity index (χ4n) is 3.23. The summed E-state index contributed by atoms with van der Waals surface area (Å²) in [5.41, 5.74) is 2.54. The van der Waals surface area contributed by atoms with Crippen LogP contribution in [0.25, 0.3) is 0 Å². The van der Waals surface area contributed by atoms with E-state index in [1.54, 1.807) is 0 Å². The largest absolute Gasteiger partial charge is 0.356 e. The first kappa shape index (κ1) is 19.4. The molecule has 0 atom stereocenters. The fraction of sp³-hybridized carbons (Fsp3) is 0.600. The van der Waals surface area contributed by atoms with Gasteiger partial charge in [0.25, 0.3) is 0 Å². The number of carbonyl (C=O) groups is 2. The Kier molecular flexibility index (Phi) is 7.92. The summed E-state index contributed by atoms with van der Waals surface area (Å²) in [6.45, 7) is 7.63. The molecule has 1 aliphatic rings. The van der Waals surface area contributed by atoms with Crippen molar-refractivity contribution in [1.29, 1.82) is 0 Å². The molecule has 0 aromatic heterocycles. The lowest BCUT2D eigenvalue weighted by Crippen LogP contribution is -2.44. The second kappa shape index (κ2) is 10.2. The summed E-state index contributed by atoms with van der Waals surface area (Å²) in [4.78, 5) is 26.2. The third-order valence-corrected chi connectivity index (χ3v) is 4.85. The first-order valence-corrected chi connectivity index (χ1v) is 9.41. The van der Waals surface area contributed by atoms with Gasteiger partial charge < -0.3 is 10.6 Å². The lowest BCUT2D eigenvalue weighted by molar-refractivity contribution is -0.126. The zero-order chi connectivity index (χ0) is 18.1. The van der Waals surface area contributed by atoms with Gasteiger partial charge in [-0.25, -0.2) is 0 Å². The number of nitrogens with one attached hydrogen (secondary N) is 2. The van der Waals surface area contributed by atoms with E-state index in [1.165, 1.54) is 11.1 Å². The van der Waals surface area contributed by atoms with Crippen LogP contribution < -0.4 is 10.6 Å². The molecule has 1 aliphatic heterocycles. The van der Waals surface area contributed by atoms with Crippen molar-refractivity contribution in [3.63, 3.8) is 0 Å². The molecule has 25 heavy (non-hydrogen) atoms. The Bertz CT molecular complexity index is 566. The number of aryl methyl sites for hydroxylation is 1. The Hall–Kier alpha value is -1.88. The number of carbonyl (C=O) groups excluding carboxylic acids is 2. The standard InChI is InChI=1S/C20H31N3O2/c1-3-11-22-20(25)18-9-13-23(14-10-18)15-19(24)21-12-8-17-7-5-4-6-16(17)2/h4-7,18H,3,8-15H2,1-2H3,(H,21,24)(H,22,25). The van der Waals surface area contributed by atoms with Crippen molar-refractivity contribution in [3.8, 4) is 0 Å². The van der Waals surface area contributed by atoms with E-state index in [9.17, 15) is 9.59 Å². The lowest BCUT2D eigenvalue weighted by atomic mass is 9.96. The Morgan fingerprint density at radius 2 is 1.84 bits per heavy atom. The van der Waals surface area contributed by atoms with Gasteiger partial charge in [0, 0.05) is 19.0 Å². The number of hydrogen-bond donors (Lipinski definition) is 2. The molecule has 0 aliphatic carbocycles. The third kappa shape index (κ3) is 6.50. The highest BCUT2D eigenvalue weighted by atomic mass is 16.2. The van der Waals surface area contributed by atoms with Gasteiger partial charge in [-0.15, -0.1) is 0 Å². The highest BCUT2D eigenvalue weighted by Gasteiger charge is 2.25. The summed E-state index contributed by atoms with van der Waals surface area (Å²) in [5.74, 6) is 0.346. The van der Waals surface area contributed by atoms with Crippen LogP contribution in [-0.4, -0.2) is 49.4 Å². The van der Waals surface area contributed by atoms with E-state index in [0.29, 0.717) is 13.1 Å². The van der Waals surface area contributed by atoms with Crippen LogP contribution in [0.5, 0.6) is 0 Å². The number of hydrogen-bond acceptors (Lipinski definition) is 3. The first-order valence-electron chi connectivity index (χ1n) is 9.41. The molecule has 0 unspecified atom stereocenters. The number of benzene rings is 1. The molecule has 0 bridgehead atoms. The van der Waals surface area contributed by atoms with Crippen LogP contribution >= 0.6 is 0 Å². The number of rotatable bonds is 8. The maximum Gasteiger partial charge on any atom is 0.234 e. The SMILES string of the molecule is CCCNC(=O)C1CCN(CC(=O)NCCc2ccccc2C)CC1. The van der Waals surface area contributed by atoms with Gasteiger partial charge in [0.2, 0.25) is 11.8 Å². The van der Waals surface area contributed by atoms with Gasteiger partial charge in [0.05, 0.1) is 6.54 Å². The molecule has 2 N–H and O–H groups in total. The first-order chi connectivity index (χ1) is 12.1. The van der Waals surface area contributed by atoms with Crippen molar-refractivity contribution < 1.29 is 9.59 Å². The van der Waals surface area contributed by atoms with Crippen LogP contribution in [0.3, 0.4) is 0 Å². The predicted molar refractivity (Wildman–Crippen MR) is 100 cm³/mol. The zero-order valence-electron chi connectivity index (χ0n) is 15.5. The van der Waals surface area contributed by atoms with Gasteiger partial charge in [-0.1, -0.05) is 31.2 Å². The van der Waals surface area contributed by atoms with Crippen LogP contribution in [0.15, 0.2) is 24.3 Å². The average Bonchev–Trinajstić information content (AvgIpc) is 2.62. The predicted octanol–water partition coefficient (Wildman–Crippen LogP) is 1.89. The number of amides is 2. The molecular weight excluding hydrogens is 314 g/mol. The van der Waals surface area contributed by atoms with Gasteiger partial charge in [0.15, 0.2) is 0 Å². The van der Waals surface area contributed by atoms with Crippen molar-refractivity contribution in [2.45, 2.75) is 39.5 Å². The highest BCUT2D eigenvalue weighted by molar-refractivity contribution is 5.79. The molecule has 0 spiro atoms. The Morgan fingerprint density at radius 3 is 2.52 bits per heavy atom. The highest BCUT2D eigenvalue weighted by Crippen LogP contribution is 2.17. The van der Waals surface area contributed by atoms with Crippen LogP contribution in [0, 0.1) is 12.8 Å². The third-order valence-electron chi connectivity index (χ3n) is 4.85. The van der Waals surface area contributed by atoms with Crippen molar-refractivity contribution >= 4 is 11.8 Å². The number of likely N-dealkylation sites (tertiary alicyclic amines) is 1. The van der Waals surface area contributed by atoms with E-state index in [2.05, 4.69) is 41.5 Å². The average molecular weight is 345 g/mol. The summed E-state index contributed by atoms with van der Waals surface area (Å²) < 4.78 is 0. The van der Waals surface area contributed by atoms with E-state index in [4.69, 9.17) is 0 Å². The smallest absolute Gasteiger partial charge is 0.234 e. The van der Waals surface area contributed by atoms with Crippen LogP contribution in [0.2, 0.25) is 0 Å². The summed E-state index contributed by atoms with van der Waals surface area (Å²) in [6, 6.07) is 8.27. The fourth-order valence-corrected chi connectivity index (χ4v) is 3.23. The lowest BCUT2D eigenvalue weighted by Gasteiger charge is -2.30. The topological polar surface area (TPSA) is 61.4 Å². The molecule has 5 nitrogen and oxygen atoms in total. The molecule has 2 rings (SSSR count). The molecule has 2 amide bonds. The van der Waals surface area contributed by atoms with Gasteiger partial charge in [-0.05, 0) is 56.8 Å². The molecule has 1 aromatic carbocycles. The van der Waals surface area contributed by atoms with Gasteiger partial charge in [-0.3, -0.25) is 14.5 Å². The van der Waals surface area contributed by atoms with Crippen LogP contribution in [0.1, 0.15) is 37.3 Å². The summed E-state index contributed by atoms with van der Waals surface area (Å²) in [6.07, 6.45) is 3.50. The quantitative estimate of drug-likeness (QED) is 0.756. The van der Waals surface area contributed by atoms with E-state index >= 15 is 0 Å². The normalized spacial score (nSPS) is 15.8. The minimum atomic E-state index is 0.0717. The van der Waals surface area contributed by atoms with E-state index in [0.717, 1.165) is 45.3 Å². The van der Waals surface area contributed by atoms with Gasteiger partial charge in [0.1, 0.15) is 0 Å². The second-order valence-electron chi connectivity index (χ2n) is 6.87. The Balaban J connectivity index is 1.63. The minimum Gasteiger partial charge on any atom is -0.356 e. The van der Waals surface area contributed by atoms with Gasteiger partial charge >= 0.3 is 0 Å². The van der Waals surface area contributed by atoms with Crippen LogP contribution in [0.4, 0.5) is 0 Å². The Labute approximate surface area is 151 Å². The maximum absolute atomic E-state index is 12.1. The second-order valence-corrected chi connectivity index (χ2v) is 6.87. The molecule has 5 heteroatoms. The minimum absolute atomic E-state index is 0.0717. The van der Waals surface area contributed by atoms with E-state index in [-0.39, 0.29) is 17.7 Å². The molecule has 1 fully saturated rings. The van der Waals surface area contributed by atoms with Crippen molar-refractivity contribution in [2.75, 3.05) is 32.7 Å². The summed E-state index contributed by atoms with van der Waals surface area (Å²) in [7, 11) is 0. The van der Waals surface area contributed by atoms with Crippen molar-refractivity contribution in [3.05, 3.63) is 35.4 Å². The van der Waals surface area contributed by atoms with Crippen molar-refractivity contribution in [1.82, 2.24) is 15.5 Å². The Morgan fingerprint density at radius 1 is 1.12 bits per heavy atom. The molecule has 0 saturated carbocycles. The number of piperidine rings is 1. The molecular formula is C20H31N3O2. The zero-order valence-corrected chi connectivity index (χ0v) is 15.5. The maximum atomic E-state index is 12.1. The van der Waals surface area contributed by atoms with E-state index in [1.807, 2.05) is 12.1 Å². The van der Waals surface area contributed by atoms with Crippen molar-refractivity contribution in [2.24, 2.45) is 5.92 Å². The number of nitrogens with zero attached hydrogens (tertiary/aromatic N) is 1. The van der Waals surface area contributed by atoms with E-state index < -0.39 is 0 Å². The molecule has 1 heterocycles. The molecule has 1 aromatic rings. The van der Waals surface area contributed by atoms with Crippen LogP contribution in [-0.2, 0) is 16.0 Å².